The van der Waals surface area contributed by atoms with Crippen LogP contribution in [0.1, 0.15) is 27.2 Å². The zero-order valence-corrected chi connectivity index (χ0v) is 8.17. The molecule has 2 heteroatoms. The maximum absolute atomic E-state index is 2.55. The molecule has 0 N–H and O–H groups in total. The van der Waals surface area contributed by atoms with Gasteiger partial charge in [-0.3, -0.25) is 9.80 Å². The molecule has 2 unspecified atom stereocenters. The lowest BCUT2D eigenvalue weighted by molar-refractivity contribution is 0.00214. The summed E-state index contributed by atoms with van der Waals surface area (Å²) in [4.78, 5) is 4.97. The van der Waals surface area contributed by atoms with Crippen LogP contribution in [0.3, 0.4) is 0 Å². The molecule has 0 aromatic heterocycles. The molecule has 0 bridgehead atoms. The van der Waals surface area contributed by atoms with Gasteiger partial charge in [-0.25, -0.2) is 0 Å². The molecule has 66 valence electrons. The molecule has 1 rings (SSSR count). The van der Waals surface area contributed by atoms with E-state index < -0.39 is 0 Å². The van der Waals surface area contributed by atoms with E-state index in [4.69, 9.17) is 0 Å². The van der Waals surface area contributed by atoms with Crippen molar-refractivity contribution < 1.29 is 0 Å². The average molecular weight is 156 g/mol. The van der Waals surface area contributed by atoms with Gasteiger partial charge in [-0.15, -0.1) is 0 Å². The molecular weight excluding hydrogens is 136 g/mol. The van der Waals surface area contributed by atoms with Gasteiger partial charge in [0.05, 0.1) is 6.17 Å². The highest BCUT2D eigenvalue weighted by Crippen LogP contribution is 2.17. The Bertz CT molecular complexity index is 125. The van der Waals surface area contributed by atoms with Crippen molar-refractivity contribution in [2.24, 2.45) is 0 Å². The molecule has 1 aliphatic heterocycles. The summed E-state index contributed by atoms with van der Waals surface area (Å²) in [6.07, 6.45) is 1.94. The summed E-state index contributed by atoms with van der Waals surface area (Å²) in [5.74, 6) is 0. The molecule has 0 amide bonds. The van der Waals surface area contributed by atoms with Crippen molar-refractivity contribution in [3.63, 3.8) is 0 Å². The average Bonchev–Trinajstić information content (AvgIpc) is 1.99. The highest BCUT2D eigenvalue weighted by molar-refractivity contribution is 4.78. The Labute approximate surface area is 70.2 Å². The molecule has 2 atom stereocenters. The van der Waals surface area contributed by atoms with Crippen LogP contribution < -0.4 is 0 Å². The summed E-state index contributed by atoms with van der Waals surface area (Å²) in [6, 6.07) is 0.770. The monoisotopic (exact) mass is 156 g/mol. The Hall–Kier alpha value is -0.0800. The van der Waals surface area contributed by atoms with E-state index in [9.17, 15) is 0 Å². The van der Waals surface area contributed by atoms with E-state index in [1.54, 1.807) is 0 Å². The number of rotatable bonds is 1. The lowest BCUT2D eigenvalue weighted by atomic mass is 10.1. The van der Waals surface area contributed by atoms with Crippen LogP contribution in [0.25, 0.3) is 0 Å². The van der Waals surface area contributed by atoms with Crippen molar-refractivity contribution in [3.05, 3.63) is 0 Å². The predicted molar refractivity (Wildman–Crippen MR) is 48.6 cm³/mol. The van der Waals surface area contributed by atoms with Crippen LogP contribution in [0, 0.1) is 0 Å². The van der Waals surface area contributed by atoms with Gasteiger partial charge >= 0.3 is 0 Å². The van der Waals surface area contributed by atoms with Crippen LogP contribution in [0.15, 0.2) is 0 Å². The predicted octanol–water partition coefficient (Wildman–Crippen LogP) is 1.38. The minimum Gasteiger partial charge on any atom is -0.291 e. The molecule has 0 aliphatic carbocycles. The Balaban J connectivity index is 2.55. The highest BCUT2D eigenvalue weighted by Gasteiger charge is 2.26. The van der Waals surface area contributed by atoms with Gasteiger partial charge in [-0.05, 0) is 33.9 Å². The quantitative estimate of drug-likeness (QED) is 0.566. The van der Waals surface area contributed by atoms with Gasteiger partial charge in [0.1, 0.15) is 0 Å². The first-order valence-electron chi connectivity index (χ1n) is 4.62. The fourth-order valence-electron chi connectivity index (χ4n) is 1.94. The van der Waals surface area contributed by atoms with Crippen LogP contribution in [-0.2, 0) is 0 Å². The maximum atomic E-state index is 2.55. The second-order valence-corrected chi connectivity index (χ2v) is 3.58. The second kappa shape index (κ2) is 3.55. The molecule has 0 aromatic rings. The Kier molecular flexibility index (Phi) is 2.90. The minimum absolute atomic E-state index is 0.628. The van der Waals surface area contributed by atoms with Crippen molar-refractivity contribution in [2.75, 3.05) is 20.1 Å². The largest absolute Gasteiger partial charge is 0.291 e. The summed E-state index contributed by atoms with van der Waals surface area (Å²) in [5, 5.41) is 0. The third kappa shape index (κ3) is 1.74. The molecule has 11 heavy (non-hydrogen) atoms. The summed E-state index contributed by atoms with van der Waals surface area (Å²) in [6.45, 7) is 9.28. The molecule has 1 saturated heterocycles. The van der Waals surface area contributed by atoms with Crippen LogP contribution in [-0.4, -0.2) is 42.1 Å². The van der Waals surface area contributed by atoms with E-state index >= 15 is 0 Å². The van der Waals surface area contributed by atoms with Gasteiger partial charge in [0.25, 0.3) is 0 Å². The Morgan fingerprint density at radius 3 is 2.45 bits per heavy atom. The zero-order chi connectivity index (χ0) is 8.43. The van der Waals surface area contributed by atoms with Crippen molar-refractivity contribution >= 4 is 0 Å². The SMILES string of the molecule is CCN1C(C)CCN(C)C1C. The van der Waals surface area contributed by atoms with Crippen LogP contribution >= 0.6 is 0 Å². The Morgan fingerprint density at radius 2 is 2.00 bits per heavy atom. The number of hydrogen-bond donors (Lipinski definition) is 0. The van der Waals surface area contributed by atoms with Crippen molar-refractivity contribution in [2.45, 2.75) is 39.4 Å². The van der Waals surface area contributed by atoms with Crippen LogP contribution in [0.5, 0.6) is 0 Å². The van der Waals surface area contributed by atoms with Gasteiger partial charge < -0.3 is 0 Å². The van der Waals surface area contributed by atoms with E-state index in [1.165, 1.54) is 19.5 Å². The zero-order valence-electron chi connectivity index (χ0n) is 8.17. The van der Waals surface area contributed by atoms with Crippen LogP contribution in [0.2, 0.25) is 0 Å². The number of nitrogens with zero attached hydrogens (tertiary/aromatic N) is 2. The standard InChI is InChI=1S/C9H20N2/c1-5-11-8(2)6-7-10(4)9(11)3/h8-9H,5-7H2,1-4H3. The van der Waals surface area contributed by atoms with E-state index in [0.29, 0.717) is 6.17 Å². The maximum Gasteiger partial charge on any atom is 0.0593 e. The van der Waals surface area contributed by atoms with E-state index in [1.807, 2.05) is 0 Å². The fourth-order valence-corrected chi connectivity index (χ4v) is 1.94. The van der Waals surface area contributed by atoms with Gasteiger partial charge in [-0.1, -0.05) is 6.92 Å². The van der Waals surface area contributed by atoms with Crippen molar-refractivity contribution in [1.29, 1.82) is 0 Å². The lowest BCUT2D eigenvalue weighted by Gasteiger charge is -2.44. The van der Waals surface area contributed by atoms with Gasteiger partial charge in [0.2, 0.25) is 0 Å². The molecule has 0 spiro atoms. The van der Waals surface area contributed by atoms with E-state index in [-0.39, 0.29) is 0 Å². The molecule has 1 aliphatic rings. The number of hydrogen-bond acceptors (Lipinski definition) is 2. The summed E-state index contributed by atoms with van der Waals surface area (Å²) in [5.41, 5.74) is 0. The second-order valence-electron chi connectivity index (χ2n) is 3.58. The first-order valence-corrected chi connectivity index (χ1v) is 4.62. The fraction of sp³-hybridized carbons (Fsp3) is 1.00. The molecule has 0 aromatic carbocycles. The van der Waals surface area contributed by atoms with Gasteiger partial charge in [0, 0.05) is 12.6 Å². The summed E-state index contributed by atoms with van der Waals surface area (Å²) < 4.78 is 0. The molecule has 0 saturated carbocycles. The highest BCUT2D eigenvalue weighted by atomic mass is 15.4. The molecule has 1 fully saturated rings. The van der Waals surface area contributed by atoms with E-state index in [0.717, 1.165) is 6.04 Å². The molecule has 0 radical (unpaired) electrons. The van der Waals surface area contributed by atoms with Gasteiger partial charge in [0.15, 0.2) is 0 Å². The van der Waals surface area contributed by atoms with Crippen molar-refractivity contribution in [3.8, 4) is 0 Å². The van der Waals surface area contributed by atoms with E-state index in [2.05, 4.69) is 37.6 Å². The lowest BCUT2D eigenvalue weighted by Crippen LogP contribution is -2.54. The molecule has 2 nitrogen and oxygen atoms in total. The summed E-state index contributed by atoms with van der Waals surface area (Å²) in [7, 11) is 2.21. The third-order valence-electron chi connectivity index (χ3n) is 2.95. The molecule has 1 heterocycles. The minimum atomic E-state index is 0.628. The topological polar surface area (TPSA) is 6.48 Å². The van der Waals surface area contributed by atoms with Crippen LogP contribution in [0.4, 0.5) is 0 Å². The third-order valence-corrected chi connectivity index (χ3v) is 2.95. The first-order chi connectivity index (χ1) is 5.16. The van der Waals surface area contributed by atoms with Gasteiger partial charge in [-0.2, -0.15) is 0 Å². The Morgan fingerprint density at radius 1 is 1.36 bits per heavy atom. The summed E-state index contributed by atoms with van der Waals surface area (Å²) >= 11 is 0. The molecular formula is C9H20N2. The van der Waals surface area contributed by atoms with Crippen molar-refractivity contribution in [1.82, 2.24) is 9.80 Å². The normalized spacial score (nSPS) is 36.0. The smallest absolute Gasteiger partial charge is 0.0593 e. The first kappa shape index (κ1) is 9.01.